The first kappa shape index (κ1) is 17.6. The molecule has 2 unspecified atom stereocenters. The Hall–Kier alpha value is -0.480. The Bertz CT molecular complexity index is 428. The number of hydrogen-bond donors (Lipinski definition) is 1. The van der Waals surface area contributed by atoms with E-state index in [1.165, 1.54) is 12.8 Å². The summed E-state index contributed by atoms with van der Waals surface area (Å²) in [6.45, 7) is 4.96. The van der Waals surface area contributed by atoms with E-state index in [9.17, 15) is 0 Å². The second-order valence-corrected chi connectivity index (χ2v) is 5.79. The van der Waals surface area contributed by atoms with E-state index in [-0.39, 0.29) is 12.4 Å². The number of halogens is 2. The molecule has 1 saturated heterocycles. The topological polar surface area (TPSA) is 38.5 Å². The maximum Gasteiger partial charge on any atom is 0.123 e. The van der Waals surface area contributed by atoms with Gasteiger partial charge in [-0.25, -0.2) is 0 Å². The van der Waals surface area contributed by atoms with Crippen LogP contribution in [0.3, 0.4) is 0 Å². The number of benzene rings is 1. The van der Waals surface area contributed by atoms with Crippen LogP contribution in [0.4, 0.5) is 0 Å². The zero-order chi connectivity index (χ0) is 13.8. The molecule has 1 aliphatic rings. The lowest BCUT2D eigenvalue weighted by atomic mass is 9.90. The van der Waals surface area contributed by atoms with Crippen molar-refractivity contribution in [1.29, 1.82) is 0 Å². The highest BCUT2D eigenvalue weighted by Gasteiger charge is 2.27. The molecule has 0 radical (unpaired) electrons. The van der Waals surface area contributed by atoms with Crippen molar-refractivity contribution < 1.29 is 4.74 Å². The van der Waals surface area contributed by atoms with Gasteiger partial charge in [0.05, 0.1) is 7.11 Å². The Morgan fingerprint density at radius 1 is 1.45 bits per heavy atom. The molecule has 1 heterocycles. The molecule has 1 fully saturated rings. The first-order valence-corrected chi connectivity index (χ1v) is 7.30. The number of nitrogens with zero attached hydrogens (tertiary/aromatic N) is 1. The van der Waals surface area contributed by atoms with Crippen molar-refractivity contribution in [2.75, 3.05) is 20.2 Å². The van der Waals surface area contributed by atoms with Gasteiger partial charge in [-0.15, -0.1) is 12.4 Å². The fourth-order valence-corrected chi connectivity index (χ4v) is 3.20. The van der Waals surface area contributed by atoms with E-state index in [2.05, 4.69) is 11.8 Å². The third-order valence-corrected chi connectivity index (χ3v) is 4.32. The zero-order valence-electron chi connectivity index (χ0n) is 12.1. The molecule has 2 rings (SSSR count). The van der Waals surface area contributed by atoms with Crippen molar-refractivity contribution in [2.45, 2.75) is 32.4 Å². The highest BCUT2D eigenvalue weighted by molar-refractivity contribution is 6.30. The van der Waals surface area contributed by atoms with Crippen LogP contribution in [0.25, 0.3) is 0 Å². The predicted molar refractivity (Wildman–Crippen MR) is 86.9 cm³/mol. The van der Waals surface area contributed by atoms with Gasteiger partial charge in [0.2, 0.25) is 0 Å². The van der Waals surface area contributed by atoms with Gasteiger partial charge in [-0.2, -0.15) is 0 Å². The molecule has 20 heavy (non-hydrogen) atoms. The van der Waals surface area contributed by atoms with E-state index in [4.69, 9.17) is 22.1 Å². The molecule has 0 bridgehead atoms. The summed E-state index contributed by atoms with van der Waals surface area (Å²) in [4.78, 5) is 2.46. The Morgan fingerprint density at radius 3 is 2.85 bits per heavy atom. The van der Waals surface area contributed by atoms with Crippen molar-refractivity contribution in [1.82, 2.24) is 4.90 Å². The van der Waals surface area contributed by atoms with Crippen LogP contribution < -0.4 is 10.5 Å². The van der Waals surface area contributed by atoms with Gasteiger partial charge in [0.1, 0.15) is 5.75 Å². The second kappa shape index (κ2) is 8.08. The number of rotatable bonds is 4. The summed E-state index contributed by atoms with van der Waals surface area (Å²) in [5.41, 5.74) is 7.08. The monoisotopic (exact) mass is 318 g/mol. The maximum atomic E-state index is 6.09. The molecule has 0 aromatic heterocycles. The van der Waals surface area contributed by atoms with Gasteiger partial charge in [0.25, 0.3) is 0 Å². The van der Waals surface area contributed by atoms with Crippen molar-refractivity contribution >= 4 is 24.0 Å². The fraction of sp³-hybridized carbons (Fsp3) is 0.600. The summed E-state index contributed by atoms with van der Waals surface area (Å²) < 4.78 is 5.42. The molecule has 114 valence electrons. The molecule has 2 N–H and O–H groups in total. The van der Waals surface area contributed by atoms with Gasteiger partial charge in [0, 0.05) is 29.7 Å². The Kier molecular flexibility index (Phi) is 7.10. The second-order valence-electron chi connectivity index (χ2n) is 5.35. The van der Waals surface area contributed by atoms with Gasteiger partial charge in [-0.1, -0.05) is 18.5 Å². The van der Waals surface area contributed by atoms with Gasteiger partial charge in [0.15, 0.2) is 0 Å². The Morgan fingerprint density at radius 2 is 2.20 bits per heavy atom. The van der Waals surface area contributed by atoms with Gasteiger partial charge >= 0.3 is 0 Å². The molecule has 2 atom stereocenters. The Balaban J connectivity index is 0.00000200. The lowest BCUT2D eigenvalue weighted by Crippen LogP contribution is -2.48. The van der Waals surface area contributed by atoms with Crippen LogP contribution in [-0.2, 0) is 6.54 Å². The van der Waals surface area contributed by atoms with Crippen LogP contribution in [0, 0.1) is 5.92 Å². The van der Waals surface area contributed by atoms with Crippen molar-refractivity contribution in [3.8, 4) is 5.75 Å². The van der Waals surface area contributed by atoms with E-state index >= 15 is 0 Å². The van der Waals surface area contributed by atoms with Crippen LogP contribution >= 0.6 is 24.0 Å². The Labute approximate surface area is 132 Å². The van der Waals surface area contributed by atoms with Crippen molar-refractivity contribution in [3.05, 3.63) is 28.8 Å². The van der Waals surface area contributed by atoms with Gasteiger partial charge in [-0.3, -0.25) is 4.90 Å². The minimum atomic E-state index is 0. The molecule has 0 spiro atoms. The number of piperidine rings is 1. The quantitative estimate of drug-likeness (QED) is 0.925. The maximum absolute atomic E-state index is 6.09. The van der Waals surface area contributed by atoms with Crippen LogP contribution in [0.2, 0.25) is 5.02 Å². The van der Waals surface area contributed by atoms with E-state index in [1.807, 2.05) is 18.2 Å². The summed E-state index contributed by atoms with van der Waals surface area (Å²) in [6.07, 6.45) is 2.51. The largest absolute Gasteiger partial charge is 0.496 e. The third-order valence-electron chi connectivity index (χ3n) is 4.09. The number of ether oxygens (including phenoxy) is 1. The summed E-state index contributed by atoms with van der Waals surface area (Å²) >= 11 is 6.09. The lowest BCUT2D eigenvalue weighted by Gasteiger charge is -2.39. The molecular formula is C15H24Cl2N2O. The van der Waals surface area contributed by atoms with E-state index < -0.39 is 0 Å². The molecule has 1 aliphatic heterocycles. The highest BCUT2D eigenvalue weighted by atomic mass is 35.5. The molecular weight excluding hydrogens is 295 g/mol. The summed E-state index contributed by atoms with van der Waals surface area (Å²) in [6, 6.07) is 6.25. The highest BCUT2D eigenvalue weighted by Crippen LogP contribution is 2.28. The number of methoxy groups -OCH3 is 1. The third kappa shape index (κ3) is 4.01. The molecule has 1 aromatic rings. The van der Waals surface area contributed by atoms with E-state index in [1.54, 1.807) is 7.11 Å². The first-order chi connectivity index (χ1) is 9.15. The molecule has 5 heteroatoms. The SMILES string of the molecule is COc1ccc(Cl)cc1CN1CCCC(C)C1CN.Cl. The van der Waals surface area contributed by atoms with Crippen molar-refractivity contribution in [3.63, 3.8) is 0 Å². The normalized spacial score (nSPS) is 23.2. The number of hydrogen-bond acceptors (Lipinski definition) is 3. The number of likely N-dealkylation sites (tertiary alicyclic amines) is 1. The van der Waals surface area contributed by atoms with Gasteiger partial charge < -0.3 is 10.5 Å². The average molecular weight is 319 g/mol. The van der Waals surface area contributed by atoms with Crippen LogP contribution in [0.5, 0.6) is 5.75 Å². The standard InChI is InChI=1S/C15H23ClN2O.ClH/c1-11-4-3-7-18(14(11)9-17)10-12-8-13(16)5-6-15(12)19-2;/h5-6,8,11,14H,3-4,7,9-10,17H2,1-2H3;1H. The summed E-state index contributed by atoms with van der Waals surface area (Å²) in [5, 5.41) is 0.755. The van der Waals surface area contributed by atoms with Gasteiger partial charge in [-0.05, 0) is 43.5 Å². The smallest absolute Gasteiger partial charge is 0.123 e. The molecule has 3 nitrogen and oxygen atoms in total. The summed E-state index contributed by atoms with van der Waals surface area (Å²) in [7, 11) is 1.70. The minimum absolute atomic E-state index is 0. The molecule has 0 amide bonds. The average Bonchev–Trinajstić information content (AvgIpc) is 2.39. The summed E-state index contributed by atoms with van der Waals surface area (Å²) in [5.74, 6) is 1.56. The zero-order valence-corrected chi connectivity index (χ0v) is 13.7. The van der Waals surface area contributed by atoms with E-state index in [0.29, 0.717) is 18.5 Å². The van der Waals surface area contributed by atoms with Crippen LogP contribution in [0.15, 0.2) is 18.2 Å². The van der Waals surface area contributed by atoms with E-state index in [0.717, 1.165) is 29.4 Å². The fourth-order valence-electron chi connectivity index (χ4n) is 3.00. The molecule has 0 aliphatic carbocycles. The van der Waals surface area contributed by atoms with Crippen molar-refractivity contribution in [2.24, 2.45) is 11.7 Å². The predicted octanol–water partition coefficient (Wildman–Crippen LogP) is 3.33. The van der Waals surface area contributed by atoms with Crippen LogP contribution in [-0.4, -0.2) is 31.1 Å². The molecule has 0 saturated carbocycles. The molecule has 1 aromatic carbocycles. The van der Waals surface area contributed by atoms with Crippen LogP contribution in [0.1, 0.15) is 25.3 Å². The first-order valence-electron chi connectivity index (χ1n) is 6.92. The number of nitrogens with two attached hydrogens (primary N) is 1. The minimum Gasteiger partial charge on any atom is -0.496 e. The lowest BCUT2D eigenvalue weighted by molar-refractivity contribution is 0.0982.